The van der Waals surface area contributed by atoms with Gasteiger partial charge in [0, 0.05) is 19.1 Å². The van der Waals surface area contributed by atoms with Crippen molar-refractivity contribution in [2.24, 2.45) is 5.92 Å². The number of carboxylic acids is 1. The van der Waals surface area contributed by atoms with Gasteiger partial charge in [0.15, 0.2) is 0 Å². The Morgan fingerprint density at radius 2 is 1.81 bits per heavy atom. The molecule has 0 saturated carbocycles. The third-order valence-electron chi connectivity index (χ3n) is 4.43. The summed E-state index contributed by atoms with van der Waals surface area (Å²) in [4.78, 5) is 13.3. The van der Waals surface area contributed by atoms with Crippen LogP contribution < -0.4 is 5.32 Å². The molecule has 3 saturated heterocycles. The molecule has 0 spiro atoms. The minimum atomic E-state index is -0.864. The molecule has 2 bridgehead atoms. The number of fused-ring (bicyclic) bond motifs is 3. The maximum atomic E-state index is 10.8. The van der Waals surface area contributed by atoms with Crippen molar-refractivity contribution in [3.8, 4) is 0 Å². The molecule has 1 unspecified atom stereocenters. The van der Waals surface area contributed by atoms with Crippen LogP contribution in [0, 0.1) is 5.92 Å². The predicted octanol–water partition coefficient (Wildman–Crippen LogP) is 2.41. The molecule has 0 radical (unpaired) electrons. The molecule has 118 valence electrons. The molecule has 0 aromatic heterocycles. The lowest BCUT2D eigenvalue weighted by Crippen LogP contribution is -2.55. The first-order valence-corrected chi connectivity index (χ1v) is 7.00. The molecule has 0 amide bonds. The minimum Gasteiger partial charge on any atom is -0.478 e. The van der Waals surface area contributed by atoms with E-state index in [4.69, 9.17) is 5.11 Å². The van der Waals surface area contributed by atoms with Gasteiger partial charge in [0.1, 0.15) is 0 Å². The lowest BCUT2D eigenvalue weighted by atomic mass is 9.84. The predicted molar refractivity (Wildman–Crippen MR) is 87.7 cm³/mol. The highest BCUT2D eigenvalue weighted by Crippen LogP contribution is 2.27. The van der Waals surface area contributed by atoms with Gasteiger partial charge in [0.25, 0.3) is 0 Å². The van der Waals surface area contributed by atoms with Crippen molar-refractivity contribution in [2.75, 3.05) is 19.6 Å². The van der Waals surface area contributed by atoms with Crippen molar-refractivity contribution < 1.29 is 9.90 Å². The average Bonchev–Trinajstić information content (AvgIpc) is 2.47. The van der Waals surface area contributed by atoms with Crippen molar-refractivity contribution >= 4 is 30.8 Å². The number of halogens is 2. The van der Waals surface area contributed by atoms with Crippen LogP contribution in [0.4, 0.5) is 0 Å². The van der Waals surface area contributed by atoms with Crippen molar-refractivity contribution in [2.45, 2.75) is 25.4 Å². The Balaban J connectivity index is 0.00000110. The number of carboxylic acid groups (broad SMARTS) is 1. The average molecular weight is 333 g/mol. The standard InChI is InChI=1S/C15H20N2O2.2ClH/c18-15(19)13-3-1-11(2-4-13)9-16-14-10-17-7-5-12(14)6-8-17;;/h1-4,12,14,16H,5-10H2,(H,18,19);2*1H. The molecule has 3 aliphatic heterocycles. The lowest BCUT2D eigenvalue weighted by Gasteiger charge is -2.45. The third kappa shape index (κ3) is 4.33. The van der Waals surface area contributed by atoms with Crippen LogP contribution in [-0.4, -0.2) is 41.7 Å². The fourth-order valence-electron chi connectivity index (χ4n) is 3.21. The first-order valence-electron chi connectivity index (χ1n) is 7.00. The van der Waals surface area contributed by atoms with Gasteiger partial charge in [-0.05, 0) is 49.5 Å². The van der Waals surface area contributed by atoms with Gasteiger partial charge in [0.05, 0.1) is 5.56 Å². The number of nitrogens with zero attached hydrogens (tertiary/aromatic N) is 1. The third-order valence-corrected chi connectivity index (χ3v) is 4.43. The van der Waals surface area contributed by atoms with Gasteiger partial charge in [-0.3, -0.25) is 0 Å². The Morgan fingerprint density at radius 1 is 1.19 bits per heavy atom. The number of carbonyl (C=O) groups is 1. The molecule has 3 heterocycles. The molecule has 6 heteroatoms. The van der Waals surface area contributed by atoms with Gasteiger partial charge in [-0.25, -0.2) is 4.79 Å². The largest absolute Gasteiger partial charge is 0.478 e. The van der Waals surface area contributed by atoms with Crippen molar-refractivity contribution in [1.29, 1.82) is 0 Å². The van der Waals surface area contributed by atoms with Gasteiger partial charge in [0.2, 0.25) is 0 Å². The summed E-state index contributed by atoms with van der Waals surface area (Å²) in [7, 11) is 0. The van der Waals surface area contributed by atoms with Gasteiger partial charge < -0.3 is 15.3 Å². The van der Waals surface area contributed by atoms with E-state index >= 15 is 0 Å². The Bertz CT molecular complexity index is 459. The van der Waals surface area contributed by atoms with Crippen LogP contribution in [0.15, 0.2) is 24.3 Å². The Kier molecular flexibility index (Phi) is 6.94. The fourth-order valence-corrected chi connectivity index (χ4v) is 3.21. The number of benzene rings is 1. The number of rotatable bonds is 4. The number of piperidine rings is 3. The molecule has 21 heavy (non-hydrogen) atoms. The van der Waals surface area contributed by atoms with E-state index < -0.39 is 5.97 Å². The Morgan fingerprint density at radius 3 is 2.29 bits per heavy atom. The Labute approximate surface area is 137 Å². The molecule has 1 aromatic carbocycles. The van der Waals surface area contributed by atoms with Crippen LogP contribution >= 0.6 is 24.8 Å². The highest BCUT2D eigenvalue weighted by Gasteiger charge is 2.33. The van der Waals surface area contributed by atoms with Crippen LogP contribution in [0.5, 0.6) is 0 Å². The number of nitrogens with one attached hydrogen (secondary N) is 1. The summed E-state index contributed by atoms with van der Waals surface area (Å²) in [6.07, 6.45) is 2.63. The van der Waals surface area contributed by atoms with E-state index in [9.17, 15) is 4.79 Å². The second-order valence-electron chi connectivity index (χ2n) is 5.63. The zero-order valence-corrected chi connectivity index (χ0v) is 13.5. The highest BCUT2D eigenvalue weighted by molar-refractivity contribution is 5.87. The van der Waals surface area contributed by atoms with Crippen LogP contribution in [0.25, 0.3) is 0 Å². The molecule has 1 atom stereocenters. The molecule has 1 aromatic rings. The minimum absolute atomic E-state index is 0. The first kappa shape index (κ1) is 18.2. The normalized spacial score (nSPS) is 26.6. The van der Waals surface area contributed by atoms with Gasteiger partial charge in [-0.15, -0.1) is 24.8 Å². The summed E-state index contributed by atoms with van der Waals surface area (Å²) in [5.41, 5.74) is 1.51. The number of aromatic carboxylic acids is 1. The molecular weight excluding hydrogens is 311 g/mol. The zero-order valence-electron chi connectivity index (χ0n) is 11.8. The van der Waals surface area contributed by atoms with Gasteiger partial charge in [-0.2, -0.15) is 0 Å². The second kappa shape index (κ2) is 7.99. The van der Waals surface area contributed by atoms with E-state index in [0.29, 0.717) is 11.6 Å². The second-order valence-corrected chi connectivity index (χ2v) is 5.63. The van der Waals surface area contributed by atoms with E-state index in [2.05, 4.69) is 10.2 Å². The monoisotopic (exact) mass is 332 g/mol. The Hall–Kier alpha value is -0.810. The summed E-state index contributed by atoms with van der Waals surface area (Å²) in [5.74, 6) is -0.0415. The van der Waals surface area contributed by atoms with Crippen LogP contribution in [-0.2, 0) is 6.54 Å². The molecule has 0 aliphatic carbocycles. The maximum Gasteiger partial charge on any atom is 0.335 e. The van der Waals surface area contributed by atoms with E-state index in [-0.39, 0.29) is 24.8 Å². The summed E-state index contributed by atoms with van der Waals surface area (Å²) < 4.78 is 0. The summed E-state index contributed by atoms with van der Waals surface area (Å²) >= 11 is 0. The van der Waals surface area contributed by atoms with Gasteiger partial charge >= 0.3 is 5.97 Å². The highest BCUT2D eigenvalue weighted by atomic mass is 35.5. The molecule has 3 aliphatic rings. The van der Waals surface area contributed by atoms with Crippen molar-refractivity contribution in [1.82, 2.24) is 10.2 Å². The van der Waals surface area contributed by atoms with E-state index in [0.717, 1.165) is 24.6 Å². The zero-order chi connectivity index (χ0) is 13.2. The van der Waals surface area contributed by atoms with Crippen LogP contribution in [0.2, 0.25) is 0 Å². The van der Waals surface area contributed by atoms with Crippen LogP contribution in [0.1, 0.15) is 28.8 Å². The number of hydrogen-bond donors (Lipinski definition) is 2. The van der Waals surface area contributed by atoms with E-state index in [1.807, 2.05) is 12.1 Å². The molecule has 2 N–H and O–H groups in total. The van der Waals surface area contributed by atoms with Crippen molar-refractivity contribution in [3.05, 3.63) is 35.4 Å². The summed E-state index contributed by atoms with van der Waals surface area (Å²) in [6.45, 7) is 4.51. The smallest absolute Gasteiger partial charge is 0.335 e. The lowest BCUT2D eigenvalue weighted by molar-refractivity contribution is 0.0696. The molecular formula is C15H22Cl2N2O2. The van der Waals surface area contributed by atoms with Crippen LogP contribution in [0.3, 0.4) is 0 Å². The molecule has 3 fully saturated rings. The molecule has 4 rings (SSSR count). The topological polar surface area (TPSA) is 52.6 Å². The number of hydrogen-bond acceptors (Lipinski definition) is 3. The SMILES string of the molecule is Cl.Cl.O=C(O)c1ccc(CNC2CN3CCC2CC3)cc1. The van der Waals surface area contributed by atoms with Gasteiger partial charge in [-0.1, -0.05) is 12.1 Å². The molecule has 4 nitrogen and oxygen atoms in total. The quantitative estimate of drug-likeness (QED) is 0.889. The first-order chi connectivity index (χ1) is 9.22. The fraction of sp³-hybridized carbons (Fsp3) is 0.533. The maximum absolute atomic E-state index is 10.8. The summed E-state index contributed by atoms with van der Waals surface area (Å²) in [5, 5.41) is 12.5. The summed E-state index contributed by atoms with van der Waals surface area (Å²) in [6, 6.07) is 7.75. The van der Waals surface area contributed by atoms with Crippen molar-refractivity contribution in [3.63, 3.8) is 0 Å². The van der Waals surface area contributed by atoms with E-state index in [1.165, 1.54) is 25.9 Å². The van der Waals surface area contributed by atoms with E-state index in [1.54, 1.807) is 12.1 Å².